The summed E-state index contributed by atoms with van der Waals surface area (Å²) in [7, 11) is 0. The molecule has 0 fully saturated rings. The van der Waals surface area contributed by atoms with Crippen LogP contribution in [0.1, 0.15) is 70.3 Å². The van der Waals surface area contributed by atoms with Crippen LogP contribution in [0.4, 0.5) is 17.1 Å². The van der Waals surface area contributed by atoms with Gasteiger partial charge in [0.1, 0.15) is 29.4 Å². The van der Waals surface area contributed by atoms with E-state index in [-0.39, 0.29) is 58.8 Å². The number of aromatic carboxylic acids is 1. The Morgan fingerprint density at radius 2 is 1.38 bits per heavy atom. The number of carboxylic acids is 1. The number of pyridine rings is 3. The molecule has 0 aliphatic carbocycles. The Labute approximate surface area is 269 Å². The fourth-order valence-electron chi connectivity index (χ4n) is 4.09. The molecular weight excluding hydrogens is 612 g/mol. The summed E-state index contributed by atoms with van der Waals surface area (Å²) in [5.41, 5.74) is 0.382. The number of anilines is 2. The van der Waals surface area contributed by atoms with Crippen LogP contribution in [-0.4, -0.2) is 55.0 Å². The molecule has 15 nitrogen and oxygen atoms in total. The highest BCUT2D eigenvalue weighted by atomic mass is 16.6. The number of aromatic nitrogens is 3. The predicted octanol–water partition coefficient (Wildman–Crippen LogP) is 5.44. The number of benzene rings is 1. The first-order chi connectivity index (χ1) is 22.3. The van der Waals surface area contributed by atoms with Crippen LogP contribution in [0.25, 0.3) is 0 Å². The first-order valence-electron chi connectivity index (χ1n) is 14.4. The normalized spacial score (nSPS) is 10.8. The Morgan fingerprint density at radius 3 is 1.98 bits per heavy atom. The van der Waals surface area contributed by atoms with Crippen molar-refractivity contribution in [3.63, 3.8) is 0 Å². The van der Waals surface area contributed by atoms with Crippen molar-refractivity contribution in [3.05, 3.63) is 99.0 Å². The Morgan fingerprint density at radius 1 is 0.809 bits per heavy atom. The minimum atomic E-state index is -1.25. The van der Waals surface area contributed by atoms with Crippen molar-refractivity contribution >= 4 is 34.8 Å². The van der Waals surface area contributed by atoms with E-state index in [1.165, 1.54) is 31.2 Å². The van der Waals surface area contributed by atoms with Gasteiger partial charge in [-0.05, 0) is 70.0 Å². The average Bonchev–Trinajstić information content (AvgIpc) is 3.01. The van der Waals surface area contributed by atoms with E-state index in [1.54, 1.807) is 27.7 Å². The number of nitrogens with zero attached hydrogens (tertiary/aromatic N) is 4. The van der Waals surface area contributed by atoms with Crippen LogP contribution in [0, 0.1) is 17.0 Å². The fraction of sp³-hybridized carbons (Fsp3) is 0.250. The lowest BCUT2D eigenvalue weighted by Crippen LogP contribution is -2.19. The van der Waals surface area contributed by atoms with E-state index in [4.69, 9.17) is 14.2 Å². The number of amides is 2. The summed E-state index contributed by atoms with van der Waals surface area (Å²) in [5.74, 6) is -3.20. The molecule has 47 heavy (non-hydrogen) atoms. The number of ether oxygens (including phenoxy) is 3. The number of aryl methyl sites for hydroxylation is 1. The predicted molar refractivity (Wildman–Crippen MR) is 169 cm³/mol. The lowest BCUT2D eigenvalue weighted by molar-refractivity contribution is -0.386. The number of carbonyl (C=O) groups excluding carboxylic acids is 2. The Bertz CT molecular complexity index is 1810. The zero-order valence-corrected chi connectivity index (χ0v) is 26.1. The van der Waals surface area contributed by atoms with Gasteiger partial charge in [0, 0.05) is 6.07 Å². The maximum Gasteiger partial charge on any atom is 0.354 e. The van der Waals surface area contributed by atoms with Gasteiger partial charge in [0.25, 0.3) is 17.7 Å². The second-order valence-electron chi connectivity index (χ2n) is 10.7. The van der Waals surface area contributed by atoms with Gasteiger partial charge in [0.15, 0.2) is 5.69 Å². The van der Waals surface area contributed by atoms with E-state index in [0.717, 1.165) is 11.6 Å². The molecule has 2 amide bonds. The molecule has 0 aliphatic heterocycles. The highest BCUT2D eigenvalue weighted by Crippen LogP contribution is 2.30. The summed E-state index contributed by atoms with van der Waals surface area (Å²) < 4.78 is 17.0. The number of carboxylic acid groups (broad SMARTS) is 1. The van der Waals surface area contributed by atoms with Crippen LogP contribution in [0.5, 0.6) is 17.6 Å². The van der Waals surface area contributed by atoms with E-state index < -0.39 is 34.5 Å². The second-order valence-corrected chi connectivity index (χ2v) is 10.7. The van der Waals surface area contributed by atoms with Crippen LogP contribution in [-0.2, 0) is 6.61 Å². The second kappa shape index (κ2) is 14.8. The van der Waals surface area contributed by atoms with Gasteiger partial charge < -0.3 is 30.0 Å². The van der Waals surface area contributed by atoms with Crippen molar-refractivity contribution in [3.8, 4) is 17.6 Å². The molecule has 4 aromatic rings. The third-order valence-corrected chi connectivity index (χ3v) is 6.15. The first kappa shape index (κ1) is 33.8. The van der Waals surface area contributed by atoms with E-state index in [2.05, 4.69) is 25.6 Å². The molecule has 0 aliphatic rings. The SMILES string of the molecule is Cc1cc(NC(=O)c2ccc(NC(=O)c3ccc([N+](=O)[O-])c(OC(C)C)n3)c(OCc3ccccc3)n2)c(OC(C)C)nc1C(=O)O. The topological polar surface area (TPSA) is 205 Å². The van der Waals surface area contributed by atoms with Gasteiger partial charge >= 0.3 is 11.7 Å². The summed E-state index contributed by atoms with van der Waals surface area (Å²) in [5, 5.41) is 26.2. The number of nitro groups is 1. The number of carbonyl (C=O) groups is 3. The van der Waals surface area contributed by atoms with E-state index in [0.29, 0.717) is 5.56 Å². The van der Waals surface area contributed by atoms with Gasteiger partial charge in [-0.15, -0.1) is 0 Å². The van der Waals surface area contributed by atoms with Crippen molar-refractivity contribution in [2.45, 2.75) is 53.4 Å². The minimum Gasteiger partial charge on any atom is -0.477 e. The van der Waals surface area contributed by atoms with Gasteiger partial charge in [0.2, 0.25) is 11.8 Å². The molecule has 1 aromatic carbocycles. The Hall–Kier alpha value is -6.12. The van der Waals surface area contributed by atoms with Crippen molar-refractivity contribution < 1.29 is 38.6 Å². The molecule has 0 spiro atoms. The van der Waals surface area contributed by atoms with Crippen LogP contribution in [0.2, 0.25) is 0 Å². The quantitative estimate of drug-likeness (QED) is 0.123. The molecule has 4 rings (SSSR count). The molecule has 0 atom stereocenters. The molecule has 0 bridgehead atoms. The monoisotopic (exact) mass is 644 g/mol. The molecule has 3 heterocycles. The van der Waals surface area contributed by atoms with Crippen molar-refractivity contribution in [2.24, 2.45) is 0 Å². The van der Waals surface area contributed by atoms with Crippen molar-refractivity contribution in [1.82, 2.24) is 15.0 Å². The van der Waals surface area contributed by atoms with Gasteiger partial charge in [-0.3, -0.25) is 19.7 Å². The lowest BCUT2D eigenvalue weighted by atomic mass is 10.2. The number of nitrogens with one attached hydrogen (secondary N) is 2. The summed E-state index contributed by atoms with van der Waals surface area (Å²) in [6.07, 6.45) is -0.817. The molecule has 0 saturated carbocycles. The maximum absolute atomic E-state index is 13.4. The summed E-state index contributed by atoms with van der Waals surface area (Å²) in [6.45, 7) is 8.35. The summed E-state index contributed by atoms with van der Waals surface area (Å²) in [4.78, 5) is 61.5. The molecular formula is C32H32N6O9. The largest absolute Gasteiger partial charge is 0.477 e. The van der Waals surface area contributed by atoms with Crippen LogP contribution >= 0.6 is 0 Å². The maximum atomic E-state index is 13.4. The standard InChI is InChI=1S/C32H32N6O9/c1-17(2)46-30-24(15-19(5)26(37-30)32(41)42)34-28(40)21-11-12-23(29(35-21)45-16-20-9-7-6-8-10-20)33-27(39)22-13-14-25(38(43)44)31(36-22)47-18(3)4/h6-15,17-18H,16H2,1-5H3,(H,33,39)(H,34,40)(H,41,42). The van der Waals surface area contributed by atoms with Crippen LogP contribution < -0.4 is 24.8 Å². The van der Waals surface area contributed by atoms with Gasteiger partial charge in [-0.25, -0.2) is 19.7 Å². The average molecular weight is 645 g/mol. The first-order valence-corrected chi connectivity index (χ1v) is 14.4. The van der Waals surface area contributed by atoms with Crippen LogP contribution in [0.15, 0.2) is 60.7 Å². The number of rotatable bonds is 13. The fourth-order valence-corrected chi connectivity index (χ4v) is 4.09. The number of hydrogen-bond acceptors (Lipinski definition) is 11. The zero-order chi connectivity index (χ0) is 34.2. The lowest BCUT2D eigenvalue weighted by Gasteiger charge is -2.16. The van der Waals surface area contributed by atoms with E-state index in [9.17, 15) is 29.6 Å². The van der Waals surface area contributed by atoms with Crippen molar-refractivity contribution in [2.75, 3.05) is 10.6 Å². The zero-order valence-electron chi connectivity index (χ0n) is 26.1. The minimum absolute atomic E-state index is 0.0378. The Balaban J connectivity index is 1.66. The smallest absolute Gasteiger partial charge is 0.354 e. The highest BCUT2D eigenvalue weighted by molar-refractivity contribution is 6.06. The van der Waals surface area contributed by atoms with Crippen molar-refractivity contribution in [1.29, 1.82) is 0 Å². The summed E-state index contributed by atoms with van der Waals surface area (Å²) in [6, 6.07) is 15.6. The summed E-state index contributed by atoms with van der Waals surface area (Å²) >= 11 is 0. The van der Waals surface area contributed by atoms with E-state index in [1.807, 2.05) is 30.3 Å². The highest BCUT2D eigenvalue weighted by Gasteiger charge is 2.24. The van der Waals surface area contributed by atoms with Gasteiger partial charge in [0.05, 0.1) is 17.1 Å². The molecule has 0 unspecified atom stereocenters. The molecule has 244 valence electrons. The Kier molecular flexibility index (Phi) is 10.6. The molecule has 3 aromatic heterocycles. The molecule has 0 radical (unpaired) electrons. The third-order valence-electron chi connectivity index (χ3n) is 6.15. The van der Waals surface area contributed by atoms with Gasteiger partial charge in [-0.2, -0.15) is 0 Å². The molecule has 3 N–H and O–H groups in total. The number of hydrogen-bond donors (Lipinski definition) is 3. The third kappa shape index (κ3) is 8.75. The van der Waals surface area contributed by atoms with Gasteiger partial charge in [-0.1, -0.05) is 30.3 Å². The molecule has 15 heteroatoms. The molecule has 0 saturated heterocycles. The van der Waals surface area contributed by atoms with Crippen LogP contribution in [0.3, 0.4) is 0 Å². The van der Waals surface area contributed by atoms with E-state index >= 15 is 0 Å².